The molecule has 1 heterocycles. The second-order valence-corrected chi connectivity index (χ2v) is 5.02. The fourth-order valence-corrected chi connectivity index (χ4v) is 2.41. The first-order valence-corrected chi connectivity index (χ1v) is 6.18. The van der Waals surface area contributed by atoms with Gasteiger partial charge in [-0.15, -0.1) is 11.3 Å². The number of nitrogens with one attached hydrogen (secondary N) is 1. The second-order valence-electron chi connectivity index (χ2n) is 4.04. The fraction of sp³-hybridized carbons (Fsp3) is 0.545. The quantitative estimate of drug-likeness (QED) is 0.465. The van der Waals surface area contributed by atoms with Gasteiger partial charge in [0.1, 0.15) is 0 Å². The Hall–Kier alpha value is -0.910. The van der Waals surface area contributed by atoms with E-state index in [1.165, 1.54) is 4.88 Å². The third-order valence-electron chi connectivity index (χ3n) is 2.77. The zero-order valence-electron chi connectivity index (χ0n) is 9.93. The number of nitrogens with two attached hydrogens (primary N) is 1. The summed E-state index contributed by atoms with van der Waals surface area (Å²) in [5.74, 6) is 4.88. The van der Waals surface area contributed by atoms with Crippen LogP contribution in [0, 0.1) is 5.92 Å². The molecule has 0 aliphatic carbocycles. The molecule has 0 fully saturated rings. The third-order valence-corrected chi connectivity index (χ3v) is 3.81. The molecular weight excluding hydrogens is 222 g/mol. The molecule has 0 aliphatic rings. The number of carbonyl (C=O) groups is 1. The number of hydrogen-bond acceptors (Lipinski definition) is 4. The van der Waals surface area contributed by atoms with Crippen molar-refractivity contribution in [3.05, 3.63) is 22.4 Å². The van der Waals surface area contributed by atoms with Crippen molar-refractivity contribution in [2.75, 3.05) is 13.6 Å². The van der Waals surface area contributed by atoms with Gasteiger partial charge < -0.3 is 0 Å². The normalized spacial score (nSPS) is 14.8. The summed E-state index contributed by atoms with van der Waals surface area (Å²) < 4.78 is 0. The van der Waals surface area contributed by atoms with Gasteiger partial charge in [0.25, 0.3) is 0 Å². The highest BCUT2D eigenvalue weighted by Gasteiger charge is 2.18. The summed E-state index contributed by atoms with van der Waals surface area (Å²) >= 11 is 1.73. The van der Waals surface area contributed by atoms with E-state index in [9.17, 15) is 4.79 Å². The first-order valence-electron chi connectivity index (χ1n) is 5.30. The van der Waals surface area contributed by atoms with Gasteiger partial charge in [-0.1, -0.05) is 13.0 Å². The van der Waals surface area contributed by atoms with Crippen LogP contribution in [0.4, 0.5) is 0 Å². The lowest BCUT2D eigenvalue weighted by atomic mass is 10.1. The molecule has 0 spiro atoms. The highest BCUT2D eigenvalue weighted by molar-refractivity contribution is 7.10. The Labute approximate surface area is 100 Å². The number of carbonyl (C=O) groups excluding carboxylic acids is 1. The van der Waals surface area contributed by atoms with Crippen LogP contribution in [0.15, 0.2) is 17.5 Å². The maximum absolute atomic E-state index is 11.3. The average molecular weight is 241 g/mol. The van der Waals surface area contributed by atoms with E-state index in [4.69, 9.17) is 5.84 Å². The van der Waals surface area contributed by atoms with Gasteiger partial charge in [-0.2, -0.15) is 0 Å². The number of thiophene rings is 1. The van der Waals surface area contributed by atoms with E-state index in [0.29, 0.717) is 12.6 Å². The maximum Gasteiger partial charge on any atom is 0.237 e. The molecular formula is C11H19N3OS. The summed E-state index contributed by atoms with van der Waals surface area (Å²) in [5, 5.41) is 2.07. The van der Waals surface area contributed by atoms with E-state index in [1.54, 1.807) is 11.3 Å². The Morgan fingerprint density at radius 2 is 2.31 bits per heavy atom. The molecule has 5 heteroatoms. The lowest BCUT2D eigenvalue weighted by Gasteiger charge is -2.26. The fourth-order valence-electron chi connectivity index (χ4n) is 1.56. The SMILES string of the molecule is CC(CN(C)C(C)c1cccs1)C(=O)NN. The molecule has 1 aromatic rings. The molecule has 2 unspecified atom stereocenters. The second kappa shape index (κ2) is 5.98. The van der Waals surface area contributed by atoms with E-state index in [-0.39, 0.29) is 11.8 Å². The van der Waals surface area contributed by atoms with E-state index in [2.05, 4.69) is 28.7 Å². The van der Waals surface area contributed by atoms with Crippen LogP contribution < -0.4 is 11.3 Å². The summed E-state index contributed by atoms with van der Waals surface area (Å²) in [7, 11) is 2.02. The largest absolute Gasteiger partial charge is 0.298 e. The molecule has 0 aliphatic heterocycles. The lowest BCUT2D eigenvalue weighted by Crippen LogP contribution is -2.40. The average Bonchev–Trinajstić information content (AvgIpc) is 2.79. The molecule has 16 heavy (non-hydrogen) atoms. The smallest absolute Gasteiger partial charge is 0.237 e. The highest BCUT2D eigenvalue weighted by Crippen LogP contribution is 2.23. The van der Waals surface area contributed by atoms with Crippen LogP contribution in [-0.4, -0.2) is 24.4 Å². The zero-order valence-corrected chi connectivity index (χ0v) is 10.8. The summed E-state index contributed by atoms with van der Waals surface area (Å²) in [6.07, 6.45) is 0. The van der Waals surface area contributed by atoms with E-state index >= 15 is 0 Å². The predicted octanol–water partition coefficient (Wildman–Crippen LogP) is 1.37. The monoisotopic (exact) mass is 241 g/mol. The van der Waals surface area contributed by atoms with E-state index in [1.807, 2.05) is 20.0 Å². The van der Waals surface area contributed by atoms with Gasteiger partial charge >= 0.3 is 0 Å². The van der Waals surface area contributed by atoms with E-state index in [0.717, 1.165) is 0 Å². The van der Waals surface area contributed by atoms with Gasteiger partial charge in [-0.25, -0.2) is 5.84 Å². The van der Waals surface area contributed by atoms with Gasteiger partial charge in [0.05, 0.1) is 0 Å². The molecule has 0 saturated carbocycles. The molecule has 0 bridgehead atoms. The Bertz CT molecular complexity index is 326. The molecule has 1 rings (SSSR count). The van der Waals surface area contributed by atoms with Gasteiger partial charge in [-0.05, 0) is 25.4 Å². The Kier molecular flexibility index (Phi) is 4.92. The molecule has 0 saturated heterocycles. The predicted molar refractivity (Wildman–Crippen MR) is 66.9 cm³/mol. The molecule has 2 atom stereocenters. The molecule has 1 amide bonds. The van der Waals surface area contributed by atoms with Crippen LogP contribution in [0.2, 0.25) is 0 Å². The lowest BCUT2D eigenvalue weighted by molar-refractivity contribution is -0.125. The summed E-state index contributed by atoms with van der Waals surface area (Å²) in [6, 6.07) is 4.48. The Balaban J connectivity index is 2.52. The molecule has 4 nitrogen and oxygen atoms in total. The van der Waals surface area contributed by atoms with Crippen molar-refractivity contribution >= 4 is 17.2 Å². The minimum atomic E-state index is -0.120. The summed E-state index contributed by atoms with van der Waals surface area (Å²) in [6.45, 7) is 4.71. The molecule has 0 radical (unpaired) electrons. The number of hydrogen-bond donors (Lipinski definition) is 2. The third kappa shape index (κ3) is 3.30. The minimum Gasteiger partial charge on any atom is -0.298 e. The van der Waals surface area contributed by atoms with Crippen molar-refractivity contribution < 1.29 is 4.79 Å². The van der Waals surface area contributed by atoms with E-state index < -0.39 is 0 Å². The maximum atomic E-state index is 11.3. The van der Waals surface area contributed by atoms with Crippen molar-refractivity contribution in [1.82, 2.24) is 10.3 Å². The van der Waals surface area contributed by atoms with Crippen LogP contribution in [0.3, 0.4) is 0 Å². The van der Waals surface area contributed by atoms with Crippen molar-refractivity contribution in [1.29, 1.82) is 0 Å². The number of nitrogens with zero attached hydrogens (tertiary/aromatic N) is 1. The van der Waals surface area contributed by atoms with Crippen molar-refractivity contribution in [2.45, 2.75) is 19.9 Å². The minimum absolute atomic E-state index is 0.0996. The highest BCUT2D eigenvalue weighted by atomic mass is 32.1. The number of hydrazine groups is 1. The molecule has 90 valence electrons. The topological polar surface area (TPSA) is 58.4 Å². The van der Waals surface area contributed by atoms with Crippen molar-refractivity contribution in [3.63, 3.8) is 0 Å². The van der Waals surface area contributed by atoms with Crippen LogP contribution in [0.1, 0.15) is 24.8 Å². The Morgan fingerprint density at radius 3 is 2.81 bits per heavy atom. The summed E-state index contributed by atoms with van der Waals surface area (Å²) in [4.78, 5) is 14.8. The number of rotatable bonds is 5. The molecule has 3 N–H and O–H groups in total. The molecule has 1 aromatic heterocycles. The van der Waals surface area contributed by atoms with Gasteiger partial charge in [0.2, 0.25) is 5.91 Å². The van der Waals surface area contributed by atoms with Crippen molar-refractivity contribution in [2.24, 2.45) is 11.8 Å². The first kappa shape index (κ1) is 13.2. The first-order chi connectivity index (χ1) is 7.56. The van der Waals surface area contributed by atoms with Gasteiger partial charge in [0.15, 0.2) is 0 Å². The van der Waals surface area contributed by atoms with Gasteiger partial charge in [0, 0.05) is 23.4 Å². The standard InChI is InChI=1S/C11H19N3OS/c1-8(11(15)13-12)7-14(3)9(2)10-5-4-6-16-10/h4-6,8-9H,7,12H2,1-3H3,(H,13,15). The van der Waals surface area contributed by atoms with Crippen LogP contribution >= 0.6 is 11.3 Å². The summed E-state index contributed by atoms with van der Waals surface area (Å²) in [5.41, 5.74) is 2.18. The van der Waals surface area contributed by atoms with Gasteiger partial charge in [-0.3, -0.25) is 15.1 Å². The zero-order chi connectivity index (χ0) is 12.1. The van der Waals surface area contributed by atoms with Crippen LogP contribution in [0.25, 0.3) is 0 Å². The van der Waals surface area contributed by atoms with Crippen molar-refractivity contribution in [3.8, 4) is 0 Å². The Morgan fingerprint density at radius 1 is 1.62 bits per heavy atom. The van der Waals surface area contributed by atoms with Crippen LogP contribution in [0.5, 0.6) is 0 Å². The molecule has 0 aromatic carbocycles. The van der Waals surface area contributed by atoms with Crippen LogP contribution in [-0.2, 0) is 4.79 Å². The number of amides is 1.